The standard InChI is InChI=1S/C15H17BrN4/c16-12-6-2-3-7-13(12)19-14-10-15(18-11-17-14)20-8-4-1-5-9-20/h2-3,6-7,10-11H,1,4-5,8-9H2,(H,17,18,19). The predicted octanol–water partition coefficient (Wildman–Crippen LogP) is 3.97. The van der Waals surface area contributed by atoms with Crippen LogP contribution in [0.5, 0.6) is 0 Å². The van der Waals surface area contributed by atoms with Crippen molar-refractivity contribution in [2.75, 3.05) is 23.3 Å². The second-order valence-electron chi connectivity index (χ2n) is 4.91. The SMILES string of the molecule is Brc1ccccc1Nc1cc(N2CCCCC2)ncn1. The maximum atomic E-state index is 4.39. The van der Waals surface area contributed by atoms with Crippen LogP contribution in [0.4, 0.5) is 17.3 Å². The Morgan fingerprint density at radius 2 is 1.85 bits per heavy atom. The first kappa shape index (κ1) is 13.4. The second-order valence-corrected chi connectivity index (χ2v) is 5.77. The Bertz CT molecular complexity index is 582. The summed E-state index contributed by atoms with van der Waals surface area (Å²) in [7, 11) is 0. The van der Waals surface area contributed by atoms with Gasteiger partial charge in [-0.3, -0.25) is 0 Å². The molecule has 0 atom stereocenters. The molecule has 1 aliphatic heterocycles. The minimum Gasteiger partial charge on any atom is -0.356 e. The van der Waals surface area contributed by atoms with Gasteiger partial charge in [0, 0.05) is 23.6 Å². The first-order valence-corrected chi connectivity index (χ1v) is 7.71. The highest BCUT2D eigenvalue weighted by atomic mass is 79.9. The molecular formula is C15H17BrN4. The van der Waals surface area contributed by atoms with Gasteiger partial charge in [-0.15, -0.1) is 0 Å². The van der Waals surface area contributed by atoms with E-state index >= 15 is 0 Å². The van der Waals surface area contributed by atoms with E-state index in [4.69, 9.17) is 0 Å². The molecule has 0 radical (unpaired) electrons. The average Bonchev–Trinajstić information content (AvgIpc) is 2.51. The highest BCUT2D eigenvalue weighted by Gasteiger charge is 2.12. The first-order chi connectivity index (χ1) is 9.83. The molecule has 0 unspecified atom stereocenters. The minimum absolute atomic E-state index is 0.826. The zero-order chi connectivity index (χ0) is 13.8. The van der Waals surface area contributed by atoms with E-state index in [1.54, 1.807) is 6.33 Å². The number of hydrogen-bond donors (Lipinski definition) is 1. The highest BCUT2D eigenvalue weighted by Crippen LogP contribution is 2.26. The van der Waals surface area contributed by atoms with Gasteiger partial charge in [0.05, 0.1) is 5.69 Å². The van der Waals surface area contributed by atoms with Gasteiger partial charge >= 0.3 is 0 Å². The lowest BCUT2D eigenvalue weighted by molar-refractivity contribution is 0.573. The summed E-state index contributed by atoms with van der Waals surface area (Å²) in [6.45, 7) is 2.18. The molecule has 0 saturated carbocycles. The van der Waals surface area contributed by atoms with E-state index in [9.17, 15) is 0 Å². The van der Waals surface area contributed by atoms with Crippen molar-refractivity contribution < 1.29 is 0 Å². The molecule has 1 aromatic carbocycles. The Morgan fingerprint density at radius 1 is 1.05 bits per heavy atom. The van der Waals surface area contributed by atoms with E-state index in [0.29, 0.717) is 0 Å². The number of nitrogens with one attached hydrogen (secondary N) is 1. The van der Waals surface area contributed by atoms with Crippen LogP contribution >= 0.6 is 15.9 Å². The molecule has 1 N–H and O–H groups in total. The van der Waals surface area contributed by atoms with Gasteiger partial charge in [-0.25, -0.2) is 9.97 Å². The number of benzene rings is 1. The Hall–Kier alpha value is -1.62. The van der Waals surface area contributed by atoms with Gasteiger partial charge in [0.1, 0.15) is 18.0 Å². The molecule has 4 nitrogen and oxygen atoms in total. The van der Waals surface area contributed by atoms with Crippen LogP contribution in [0, 0.1) is 0 Å². The lowest BCUT2D eigenvalue weighted by atomic mass is 10.1. The molecule has 0 aliphatic carbocycles. The Balaban J connectivity index is 1.79. The molecule has 1 aromatic heterocycles. The van der Waals surface area contributed by atoms with Gasteiger partial charge in [-0.1, -0.05) is 12.1 Å². The van der Waals surface area contributed by atoms with Gasteiger partial charge in [-0.05, 0) is 47.3 Å². The van der Waals surface area contributed by atoms with E-state index in [1.165, 1.54) is 19.3 Å². The normalized spacial score (nSPS) is 15.2. The molecule has 1 aliphatic rings. The van der Waals surface area contributed by atoms with E-state index in [0.717, 1.165) is 34.9 Å². The van der Waals surface area contributed by atoms with Crippen LogP contribution in [-0.2, 0) is 0 Å². The van der Waals surface area contributed by atoms with Crippen molar-refractivity contribution in [3.63, 3.8) is 0 Å². The monoisotopic (exact) mass is 332 g/mol. The Labute approximate surface area is 127 Å². The maximum Gasteiger partial charge on any atom is 0.135 e. The molecule has 20 heavy (non-hydrogen) atoms. The van der Waals surface area contributed by atoms with Gasteiger partial charge in [-0.2, -0.15) is 0 Å². The van der Waals surface area contributed by atoms with Crippen molar-refractivity contribution in [2.24, 2.45) is 0 Å². The molecule has 0 amide bonds. The lowest BCUT2D eigenvalue weighted by Crippen LogP contribution is -2.30. The molecule has 2 aromatic rings. The number of aromatic nitrogens is 2. The Morgan fingerprint density at radius 3 is 2.65 bits per heavy atom. The lowest BCUT2D eigenvalue weighted by Gasteiger charge is -2.27. The van der Waals surface area contributed by atoms with Crippen molar-refractivity contribution in [1.82, 2.24) is 9.97 Å². The summed E-state index contributed by atoms with van der Waals surface area (Å²) < 4.78 is 1.03. The third-order valence-electron chi connectivity index (χ3n) is 3.47. The number of anilines is 3. The highest BCUT2D eigenvalue weighted by molar-refractivity contribution is 9.10. The summed E-state index contributed by atoms with van der Waals surface area (Å²) in [5, 5.41) is 3.33. The second kappa shape index (κ2) is 6.22. The van der Waals surface area contributed by atoms with E-state index in [-0.39, 0.29) is 0 Å². The number of halogens is 1. The smallest absolute Gasteiger partial charge is 0.135 e. The van der Waals surface area contributed by atoms with E-state index in [2.05, 4.69) is 36.1 Å². The number of para-hydroxylation sites is 1. The van der Waals surface area contributed by atoms with Crippen molar-refractivity contribution in [1.29, 1.82) is 0 Å². The summed E-state index contributed by atoms with van der Waals surface area (Å²) in [5.41, 5.74) is 1.01. The number of nitrogens with zero attached hydrogens (tertiary/aromatic N) is 3. The van der Waals surface area contributed by atoms with Crippen LogP contribution in [0.3, 0.4) is 0 Å². The van der Waals surface area contributed by atoms with Gasteiger partial charge < -0.3 is 10.2 Å². The number of rotatable bonds is 3. The van der Waals surface area contributed by atoms with Crippen molar-refractivity contribution in [3.8, 4) is 0 Å². The van der Waals surface area contributed by atoms with Crippen LogP contribution in [0.2, 0.25) is 0 Å². The number of piperidine rings is 1. The van der Waals surface area contributed by atoms with Crippen LogP contribution < -0.4 is 10.2 Å². The summed E-state index contributed by atoms with van der Waals surface area (Å²) in [6, 6.07) is 10.0. The summed E-state index contributed by atoms with van der Waals surface area (Å²) in [4.78, 5) is 11.0. The molecule has 0 spiro atoms. The number of hydrogen-bond acceptors (Lipinski definition) is 4. The fraction of sp³-hybridized carbons (Fsp3) is 0.333. The van der Waals surface area contributed by atoms with E-state index in [1.807, 2.05) is 30.3 Å². The fourth-order valence-corrected chi connectivity index (χ4v) is 2.80. The predicted molar refractivity (Wildman–Crippen MR) is 85.5 cm³/mol. The molecule has 5 heteroatoms. The van der Waals surface area contributed by atoms with Crippen LogP contribution in [0.15, 0.2) is 41.1 Å². The topological polar surface area (TPSA) is 41.0 Å². The zero-order valence-corrected chi connectivity index (χ0v) is 12.8. The van der Waals surface area contributed by atoms with Crippen LogP contribution in [0.25, 0.3) is 0 Å². The van der Waals surface area contributed by atoms with Crippen molar-refractivity contribution >= 4 is 33.3 Å². The third-order valence-corrected chi connectivity index (χ3v) is 4.16. The van der Waals surface area contributed by atoms with Gasteiger partial charge in [0.15, 0.2) is 0 Å². The third kappa shape index (κ3) is 3.10. The molecular weight excluding hydrogens is 316 g/mol. The molecule has 0 bridgehead atoms. The molecule has 2 heterocycles. The summed E-state index contributed by atoms with van der Waals surface area (Å²) in [5.74, 6) is 1.83. The summed E-state index contributed by atoms with van der Waals surface area (Å²) in [6.07, 6.45) is 5.45. The quantitative estimate of drug-likeness (QED) is 0.923. The van der Waals surface area contributed by atoms with E-state index < -0.39 is 0 Å². The Kier molecular flexibility index (Phi) is 4.16. The van der Waals surface area contributed by atoms with Crippen LogP contribution in [-0.4, -0.2) is 23.1 Å². The fourth-order valence-electron chi connectivity index (χ4n) is 2.41. The van der Waals surface area contributed by atoms with Crippen molar-refractivity contribution in [2.45, 2.75) is 19.3 Å². The van der Waals surface area contributed by atoms with Crippen LogP contribution in [0.1, 0.15) is 19.3 Å². The van der Waals surface area contributed by atoms with Gasteiger partial charge in [0.2, 0.25) is 0 Å². The molecule has 104 valence electrons. The van der Waals surface area contributed by atoms with Crippen molar-refractivity contribution in [3.05, 3.63) is 41.1 Å². The summed E-state index contributed by atoms with van der Waals surface area (Å²) >= 11 is 3.53. The molecule has 1 fully saturated rings. The molecule has 3 rings (SSSR count). The maximum absolute atomic E-state index is 4.39. The largest absolute Gasteiger partial charge is 0.356 e. The first-order valence-electron chi connectivity index (χ1n) is 6.91. The average molecular weight is 333 g/mol. The minimum atomic E-state index is 0.826. The molecule has 1 saturated heterocycles. The van der Waals surface area contributed by atoms with Gasteiger partial charge in [0.25, 0.3) is 0 Å². The zero-order valence-electron chi connectivity index (χ0n) is 11.2.